The van der Waals surface area contributed by atoms with Crippen LogP contribution in [0.25, 0.3) is 11.3 Å². The van der Waals surface area contributed by atoms with Crippen LogP contribution in [0.1, 0.15) is 24.3 Å². The minimum atomic E-state index is -0.650. The number of rotatable bonds is 4. The molecule has 2 rings (SSSR count). The van der Waals surface area contributed by atoms with Gasteiger partial charge in [0, 0.05) is 5.56 Å². The minimum Gasteiger partial charge on any atom is -0.490 e. The number of aromatic nitrogens is 2. The second kappa shape index (κ2) is 5.56. The van der Waals surface area contributed by atoms with E-state index in [4.69, 9.17) is 16.2 Å². The summed E-state index contributed by atoms with van der Waals surface area (Å²) < 4.78 is 5.72. The molecule has 4 N–H and O–H groups in total. The van der Waals surface area contributed by atoms with Crippen LogP contribution in [0, 0.1) is 0 Å². The van der Waals surface area contributed by atoms with Crippen LogP contribution in [0.3, 0.4) is 0 Å². The highest BCUT2D eigenvalue weighted by molar-refractivity contribution is 5.92. The fourth-order valence-electron chi connectivity index (χ4n) is 1.77. The normalized spacial score (nSPS) is 10.6. The second-order valence-corrected chi connectivity index (χ2v) is 4.52. The molecule has 1 amide bonds. The number of nitrogens with two attached hydrogens (primary N) is 2. The fraction of sp³-hybridized carbons (Fsp3) is 0.214. The van der Waals surface area contributed by atoms with E-state index < -0.39 is 5.91 Å². The van der Waals surface area contributed by atoms with Crippen LogP contribution in [-0.4, -0.2) is 22.0 Å². The molecule has 20 heavy (non-hydrogen) atoms. The van der Waals surface area contributed by atoms with Crippen LogP contribution in [0.15, 0.2) is 30.3 Å². The number of primary amides is 1. The molecule has 1 aromatic heterocycles. The first-order chi connectivity index (χ1) is 9.47. The first kappa shape index (κ1) is 13.8. The molecule has 6 heteroatoms. The Hall–Kier alpha value is -2.63. The summed E-state index contributed by atoms with van der Waals surface area (Å²) >= 11 is 0. The monoisotopic (exact) mass is 272 g/mol. The first-order valence-electron chi connectivity index (χ1n) is 6.18. The lowest BCUT2D eigenvalue weighted by molar-refractivity contribution is 0.0995. The van der Waals surface area contributed by atoms with E-state index in [1.807, 2.05) is 38.1 Å². The average Bonchev–Trinajstić information content (AvgIpc) is 2.37. The van der Waals surface area contributed by atoms with Gasteiger partial charge in [0.15, 0.2) is 0 Å². The highest BCUT2D eigenvalue weighted by atomic mass is 16.5. The standard InChI is InChI=1S/C14H16N4O2/c1-8(2)20-12-6-4-3-5-9(12)10-7-11(13(15)19)18-14(16)17-10/h3-8H,1-2H3,(H2,15,19)(H2,16,17,18). The molecule has 0 aliphatic carbocycles. The summed E-state index contributed by atoms with van der Waals surface area (Å²) in [5.41, 5.74) is 12.2. The van der Waals surface area contributed by atoms with Gasteiger partial charge in [-0.3, -0.25) is 4.79 Å². The molecule has 0 aliphatic heterocycles. The number of nitrogen functional groups attached to an aromatic ring is 1. The maximum Gasteiger partial charge on any atom is 0.267 e. The van der Waals surface area contributed by atoms with E-state index in [0.717, 1.165) is 5.56 Å². The molecule has 1 heterocycles. The molecule has 0 bridgehead atoms. The van der Waals surface area contributed by atoms with Crippen molar-refractivity contribution in [3.63, 3.8) is 0 Å². The Kier molecular flexibility index (Phi) is 3.84. The van der Waals surface area contributed by atoms with Crippen molar-refractivity contribution in [2.24, 2.45) is 5.73 Å². The Morgan fingerprint density at radius 1 is 1.25 bits per heavy atom. The lowest BCUT2D eigenvalue weighted by atomic mass is 10.1. The van der Waals surface area contributed by atoms with Gasteiger partial charge in [0.2, 0.25) is 5.95 Å². The molecule has 2 aromatic rings. The van der Waals surface area contributed by atoms with Crippen molar-refractivity contribution in [2.45, 2.75) is 20.0 Å². The van der Waals surface area contributed by atoms with Crippen LogP contribution < -0.4 is 16.2 Å². The molecule has 0 atom stereocenters. The van der Waals surface area contributed by atoms with Gasteiger partial charge in [-0.1, -0.05) is 12.1 Å². The Bertz CT molecular complexity index is 641. The number of amides is 1. The summed E-state index contributed by atoms with van der Waals surface area (Å²) in [6, 6.07) is 8.88. The van der Waals surface area contributed by atoms with E-state index in [2.05, 4.69) is 9.97 Å². The zero-order chi connectivity index (χ0) is 14.7. The molecule has 0 saturated carbocycles. The minimum absolute atomic E-state index is 0.00403. The highest BCUT2D eigenvalue weighted by Crippen LogP contribution is 2.29. The lowest BCUT2D eigenvalue weighted by Crippen LogP contribution is -2.15. The van der Waals surface area contributed by atoms with Crippen molar-refractivity contribution in [1.29, 1.82) is 0 Å². The fourth-order valence-corrected chi connectivity index (χ4v) is 1.77. The molecule has 6 nitrogen and oxygen atoms in total. The third-order valence-corrected chi connectivity index (χ3v) is 2.52. The largest absolute Gasteiger partial charge is 0.490 e. The van der Waals surface area contributed by atoms with Gasteiger partial charge < -0.3 is 16.2 Å². The van der Waals surface area contributed by atoms with E-state index in [-0.39, 0.29) is 17.7 Å². The van der Waals surface area contributed by atoms with Crippen molar-refractivity contribution in [1.82, 2.24) is 9.97 Å². The number of ether oxygens (including phenoxy) is 1. The third-order valence-electron chi connectivity index (χ3n) is 2.52. The number of carbonyl (C=O) groups excluding carboxylic acids is 1. The zero-order valence-electron chi connectivity index (χ0n) is 11.3. The van der Waals surface area contributed by atoms with Gasteiger partial charge in [-0.05, 0) is 32.0 Å². The van der Waals surface area contributed by atoms with Crippen molar-refractivity contribution < 1.29 is 9.53 Å². The smallest absolute Gasteiger partial charge is 0.267 e. The summed E-state index contributed by atoms with van der Waals surface area (Å²) in [5.74, 6) is 0.00859. The summed E-state index contributed by atoms with van der Waals surface area (Å²) in [6.07, 6.45) is 0.0194. The lowest BCUT2D eigenvalue weighted by Gasteiger charge is -2.14. The Balaban J connectivity index is 2.53. The quantitative estimate of drug-likeness (QED) is 0.879. The molecule has 0 unspecified atom stereocenters. The summed E-state index contributed by atoms with van der Waals surface area (Å²) in [4.78, 5) is 19.2. The van der Waals surface area contributed by atoms with Gasteiger partial charge in [-0.15, -0.1) is 0 Å². The molecule has 0 radical (unpaired) electrons. The van der Waals surface area contributed by atoms with E-state index in [1.54, 1.807) is 0 Å². The van der Waals surface area contributed by atoms with Crippen molar-refractivity contribution >= 4 is 11.9 Å². The van der Waals surface area contributed by atoms with Gasteiger partial charge in [-0.2, -0.15) is 0 Å². The number of carbonyl (C=O) groups is 1. The summed E-state index contributed by atoms with van der Waals surface area (Å²) in [7, 11) is 0. The van der Waals surface area contributed by atoms with Gasteiger partial charge in [0.05, 0.1) is 11.8 Å². The first-order valence-corrected chi connectivity index (χ1v) is 6.18. The van der Waals surface area contributed by atoms with E-state index in [1.165, 1.54) is 6.07 Å². The molecule has 1 aromatic carbocycles. The SMILES string of the molecule is CC(C)Oc1ccccc1-c1cc(C(N)=O)nc(N)n1. The summed E-state index contributed by atoms with van der Waals surface area (Å²) in [5, 5.41) is 0. The Labute approximate surface area is 116 Å². The van der Waals surface area contributed by atoms with Gasteiger partial charge in [-0.25, -0.2) is 9.97 Å². The predicted octanol–water partition coefficient (Wildman–Crippen LogP) is 1.61. The predicted molar refractivity (Wildman–Crippen MR) is 76.2 cm³/mol. The second-order valence-electron chi connectivity index (χ2n) is 4.52. The molecule has 0 spiro atoms. The Morgan fingerprint density at radius 2 is 1.95 bits per heavy atom. The number of hydrogen-bond donors (Lipinski definition) is 2. The van der Waals surface area contributed by atoms with Gasteiger partial charge in [0.1, 0.15) is 11.4 Å². The van der Waals surface area contributed by atoms with Gasteiger partial charge in [0.25, 0.3) is 5.91 Å². The van der Waals surface area contributed by atoms with Crippen LogP contribution >= 0.6 is 0 Å². The van der Waals surface area contributed by atoms with Crippen molar-refractivity contribution in [3.8, 4) is 17.0 Å². The topological polar surface area (TPSA) is 104 Å². The third kappa shape index (κ3) is 3.03. The number of hydrogen-bond acceptors (Lipinski definition) is 5. The van der Waals surface area contributed by atoms with E-state index in [0.29, 0.717) is 11.4 Å². The molecule has 0 fully saturated rings. The average molecular weight is 272 g/mol. The number of benzene rings is 1. The zero-order valence-corrected chi connectivity index (χ0v) is 11.3. The van der Waals surface area contributed by atoms with E-state index >= 15 is 0 Å². The highest BCUT2D eigenvalue weighted by Gasteiger charge is 2.13. The number of nitrogens with zero attached hydrogens (tertiary/aromatic N) is 2. The molecular formula is C14H16N4O2. The molecular weight excluding hydrogens is 256 g/mol. The maximum atomic E-state index is 11.2. The Morgan fingerprint density at radius 3 is 2.60 bits per heavy atom. The van der Waals surface area contributed by atoms with Crippen LogP contribution in [0.4, 0.5) is 5.95 Å². The van der Waals surface area contributed by atoms with Crippen molar-refractivity contribution in [3.05, 3.63) is 36.0 Å². The molecule has 0 saturated heterocycles. The summed E-state index contributed by atoms with van der Waals surface area (Å²) in [6.45, 7) is 3.86. The van der Waals surface area contributed by atoms with Crippen molar-refractivity contribution in [2.75, 3.05) is 5.73 Å². The maximum absolute atomic E-state index is 11.2. The molecule has 104 valence electrons. The van der Waals surface area contributed by atoms with Crippen LogP contribution in [0.2, 0.25) is 0 Å². The van der Waals surface area contributed by atoms with E-state index in [9.17, 15) is 4.79 Å². The van der Waals surface area contributed by atoms with Crippen LogP contribution in [-0.2, 0) is 0 Å². The number of para-hydroxylation sites is 1. The molecule has 0 aliphatic rings. The van der Waals surface area contributed by atoms with Crippen LogP contribution in [0.5, 0.6) is 5.75 Å². The number of anilines is 1. The van der Waals surface area contributed by atoms with Gasteiger partial charge >= 0.3 is 0 Å².